The zero-order valence-electron chi connectivity index (χ0n) is 10.5. The summed E-state index contributed by atoms with van der Waals surface area (Å²) in [5.41, 5.74) is 5.55. The zero-order valence-corrected chi connectivity index (χ0v) is 10.5. The average Bonchev–Trinajstić information content (AvgIpc) is 2.23. The Bertz CT molecular complexity index is 245. The van der Waals surface area contributed by atoms with Crippen LogP contribution in [0.25, 0.3) is 0 Å². The highest BCUT2D eigenvalue weighted by molar-refractivity contribution is 5.81. The number of carbonyl (C=O) groups excluding carboxylic acids is 1. The lowest BCUT2D eigenvalue weighted by atomic mass is 10.2. The summed E-state index contributed by atoms with van der Waals surface area (Å²) >= 11 is 0. The van der Waals surface area contributed by atoms with E-state index in [9.17, 15) is 4.79 Å². The molecule has 0 rings (SSSR count). The molecule has 0 aromatic heterocycles. The van der Waals surface area contributed by atoms with Gasteiger partial charge in [-0.1, -0.05) is 0 Å². The minimum atomic E-state index is -0.576. The summed E-state index contributed by atoms with van der Waals surface area (Å²) in [5, 5.41) is 2.78. The average molecular weight is 225 g/mol. The zero-order chi connectivity index (χ0) is 12.6. The van der Waals surface area contributed by atoms with Crippen LogP contribution < -0.4 is 11.1 Å². The van der Waals surface area contributed by atoms with Gasteiger partial charge in [-0.05, 0) is 33.9 Å². The normalized spacial score (nSPS) is 12.6. The minimum absolute atomic E-state index is 0.162. The van der Waals surface area contributed by atoms with Crippen LogP contribution in [-0.2, 0) is 4.79 Å². The largest absolute Gasteiger partial charge is 0.355 e. The van der Waals surface area contributed by atoms with Gasteiger partial charge in [0.05, 0.1) is 6.04 Å². The van der Waals surface area contributed by atoms with E-state index in [-0.39, 0.29) is 12.3 Å². The van der Waals surface area contributed by atoms with Crippen molar-refractivity contribution in [1.29, 1.82) is 0 Å². The van der Waals surface area contributed by atoms with Crippen molar-refractivity contribution in [1.82, 2.24) is 10.2 Å². The van der Waals surface area contributed by atoms with E-state index in [0.29, 0.717) is 12.6 Å². The van der Waals surface area contributed by atoms with E-state index >= 15 is 0 Å². The Morgan fingerprint density at radius 3 is 2.69 bits per heavy atom. The summed E-state index contributed by atoms with van der Waals surface area (Å²) in [6.45, 7) is 5.89. The fourth-order valence-electron chi connectivity index (χ4n) is 1.15. The summed E-state index contributed by atoms with van der Waals surface area (Å²) in [5.74, 6) is 2.22. The molecule has 0 saturated carbocycles. The lowest BCUT2D eigenvalue weighted by Gasteiger charge is -2.20. The Hall–Kier alpha value is -1.05. The van der Waals surface area contributed by atoms with Gasteiger partial charge >= 0.3 is 0 Å². The van der Waals surface area contributed by atoms with Crippen molar-refractivity contribution in [2.75, 3.05) is 20.1 Å². The predicted octanol–water partition coefficient (Wildman–Crippen LogP) is 0.184. The Morgan fingerprint density at radius 2 is 2.19 bits per heavy atom. The standard InChI is InChI=1S/C12H23N3O/c1-5-7-11(13)12(16)14-8-6-9-15(4)10(2)3/h1,10-11H,6-9,13H2,2-4H3,(H,14,16). The molecule has 4 nitrogen and oxygen atoms in total. The van der Waals surface area contributed by atoms with Crippen molar-refractivity contribution in [2.24, 2.45) is 5.73 Å². The van der Waals surface area contributed by atoms with Crippen molar-refractivity contribution in [3.05, 3.63) is 0 Å². The molecule has 3 N–H and O–H groups in total. The van der Waals surface area contributed by atoms with Crippen molar-refractivity contribution in [3.63, 3.8) is 0 Å². The van der Waals surface area contributed by atoms with Gasteiger partial charge in [-0.2, -0.15) is 0 Å². The maximum absolute atomic E-state index is 11.4. The number of hydrogen-bond donors (Lipinski definition) is 2. The van der Waals surface area contributed by atoms with Gasteiger partial charge in [0.1, 0.15) is 0 Å². The van der Waals surface area contributed by atoms with Crippen molar-refractivity contribution in [3.8, 4) is 12.3 Å². The quantitative estimate of drug-likeness (QED) is 0.480. The lowest BCUT2D eigenvalue weighted by molar-refractivity contribution is -0.122. The molecule has 1 unspecified atom stereocenters. The highest BCUT2D eigenvalue weighted by atomic mass is 16.2. The van der Waals surface area contributed by atoms with E-state index in [1.807, 2.05) is 0 Å². The molecular formula is C12H23N3O. The SMILES string of the molecule is C#CCC(N)C(=O)NCCCN(C)C(C)C. The predicted molar refractivity (Wildman–Crippen MR) is 66.8 cm³/mol. The molecular weight excluding hydrogens is 202 g/mol. The van der Waals surface area contributed by atoms with Crippen molar-refractivity contribution in [2.45, 2.75) is 38.8 Å². The van der Waals surface area contributed by atoms with Gasteiger partial charge in [0, 0.05) is 19.0 Å². The number of carbonyl (C=O) groups is 1. The molecule has 4 heteroatoms. The second-order valence-electron chi connectivity index (χ2n) is 4.23. The number of rotatable bonds is 7. The Labute approximate surface area is 98.6 Å². The molecule has 16 heavy (non-hydrogen) atoms. The topological polar surface area (TPSA) is 58.4 Å². The lowest BCUT2D eigenvalue weighted by Crippen LogP contribution is -2.41. The van der Waals surface area contributed by atoms with Crippen molar-refractivity contribution >= 4 is 5.91 Å². The van der Waals surface area contributed by atoms with Crippen LogP contribution in [0, 0.1) is 12.3 Å². The summed E-state index contributed by atoms with van der Waals surface area (Å²) in [6.07, 6.45) is 6.29. The fourth-order valence-corrected chi connectivity index (χ4v) is 1.15. The summed E-state index contributed by atoms with van der Waals surface area (Å²) in [7, 11) is 2.07. The van der Waals surface area contributed by atoms with Crippen LogP contribution in [0.3, 0.4) is 0 Å². The van der Waals surface area contributed by atoms with Crippen LogP contribution in [0.15, 0.2) is 0 Å². The number of nitrogens with two attached hydrogens (primary N) is 1. The first kappa shape index (κ1) is 14.9. The second kappa shape index (κ2) is 8.14. The molecule has 0 bridgehead atoms. The van der Waals surface area contributed by atoms with E-state index in [1.54, 1.807) is 0 Å². The molecule has 1 atom stereocenters. The van der Waals surface area contributed by atoms with Gasteiger partial charge in [-0.25, -0.2) is 0 Å². The summed E-state index contributed by atoms with van der Waals surface area (Å²) in [4.78, 5) is 13.6. The number of hydrogen-bond acceptors (Lipinski definition) is 3. The summed E-state index contributed by atoms with van der Waals surface area (Å²) in [6, 6.07) is -0.0489. The molecule has 0 fully saturated rings. The molecule has 0 heterocycles. The fraction of sp³-hybridized carbons (Fsp3) is 0.750. The first-order chi connectivity index (χ1) is 7.49. The first-order valence-corrected chi connectivity index (χ1v) is 5.66. The van der Waals surface area contributed by atoms with Crippen LogP contribution in [0.5, 0.6) is 0 Å². The Balaban J connectivity index is 3.60. The molecule has 0 radical (unpaired) electrons. The van der Waals surface area contributed by atoms with Crippen LogP contribution in [-0.4, -0.2) is 43.0 Å². The third-order valence-corrected chi connectivity index (χ3v) is 2.54. The molecule has 92 valence electrons. The highest BCUT2D eigenvalue weighted by Crippen LogP contribution is 1.94. The minimum Gasteiger partial charge on any atom is -0.355 e. The highest BCUT2D eigenvalue weighted by Gasteiger charge is 2.10. The van der Waals surface area contributed by atoms with E-state index in [2.05, 4.69) is 37.0 Å². The van der Waals surface area contributed by atoms with E-state index < -0.39 is 6.04 Å². The first-order valence-electron chi connectivity index (χ1n) is 5.66. The number of terminal acetylenes is 1. The van der Waals surface area contributed by atoms with Gasteiger partial charge in [0.25, 0.3) is 0 Å². The molecule has 0 saturated heterocycles. The van der Waals surface area contributed by atoms with Crippen LogP contribution in [0.4, 0.5) is 0 Å². The number of amides is 1. The van der Waals surface area contributed by atoms with Gasteiger partial charge in [-0.15, -0.1) is 12.3 Å². The third-order valence-electron chi connectivity index (χ3n) is 2.54. The second-order valence-corrected chi connectivity index (χ2v) is 4.23. The smallest absolute Gasteiger partial charge is 0.237 e. The van der Waals surface area contributed by atoms with Gasteiger partial charge < -0.3 is 16.0 Å². The van der Waals surface area contributed by atoms with E-state index in [0.717, 1.165) is 13.0 Å². The van der Waals surface area contributed by atoms with E-state index in [1.165, 1.54) is 0 Å². The molecule has 1 amide bonds. The van der Waals surface area contributed by atoms with Gasteiger partial charge in [0.15, 0.2) is 0 Å². The Morgan fingerprint density at radius 1 is 1.56 bits per heavy atom. The Kier molecular flexibility index (Phi) is 7.61. The van der Waals surface area contributed by atoms with Crippen LogP contribution >= 0.6 is 0 Å². The molecule has 0 aliphatic heterocycles. The van der Waals surface area contributed by atoms with Crippen LogP contribution in [0.1, 0.15) is 26.7 Å². The maximum atomic E-state index is 11.4. The summed E-state index contributed by atoms with van der Waals surface area (Å²) < 4.78 is 0. The van der Waals surface area contributed by atoms with E-state index in [4.69, 9.17) is 12.2 Å². The molecule has 0 aliphatic rings. The number of nitrogens with zero attached hydrogens (tertiary/aromatic N) is 1. The molecule has 0 aromatic rings. The van der Waals surface area contributed by atoms with Gasteiger partial charge in [0.2, 0.25) is 5.91 Å². The third kappa shape index (κ3) is 6.44. The number of nitrogens with one attached hydrogen (secondary N) is 1. The molecule has 0 aromatic carbocycles. The van der Waals surface area contributed by atoms with Crippen molar-refractivity contribution < 1.29 is 4.79 Å². The molecule has 0 spiro atoms. The maximum Gasteiger partial charge on any atom is 0.237 e. The van der Waals surface area contributed by atoms with Crippen LogP contribution in [0.2, 0.25) is 0 Å². The monoisotopic (exact) mass is 225 g/mol. The van der Waals surface area contributed by atoms with Gasteiger partial charge in [-0.3, -0.25) is 4.79 Å². The molecule has 0 aliphatic carbocycles.